The fourth-order valence-electron chi connectivity index (χ4n) is 2.24. The molecule has 2 aromatic heterocycles. The number of hydrogen-bond acceptors (Lipinski definition) is 4. The number of rotatable bonds is 4. The molecule has 0 aliphatic heterocycles. The highest BCUT2D eigenvalue weighted by Crippen LogP contribution is 2.20. The second-order valence-corrected chi connectivity index (χ2v) is 4.90. The molecule has 3 aromatic rings. The summed E-state index contributed by atoms with van der Waals surface area (Å²) in [7, 11) is 1.38. The molecule has 0 aliphatic carbocycles. The van der Waals surface area contributed by atoms with Crippen molar-refractivity contribution in [1.82, 2.24) is 9.97 Å². The minimum Gasteiger partial charge on any atom is -0.494 e. The van der Waals surface area contributed by atoms with Crippen LogP contribution in [0.4, 0.5) is 10.2 Å². The molecule has 1 aromatic carbocycles. The highest BCUT2D eigenvalue weighted by molar-refractivity contribution is 5.92. The van der Waals surface area contributed by atoms with Crippen molar-refractivity contribution in [2.45, 2.75) is 6.42 Å². The number of nitrogens with one attached hydrogen (secondary N) is 1. The van der Waals surface area contributed by atoms with Crippen LogP contribution >= 0.6 is 0 Å². The van der Waals surface area contributed by atoms with Gasteiger partial charge in [-0.25, -0.2) is 9.37 Å². The summed E-state index contributed by atoms with van der Waals surface area (Å²) in [6.07, 6.45) is 1.57. The molecule has 1 N–H and O–H groups in total. The fraction of sp³-hybridized carbons (Fsp3) is 0.118. The Bertz CT molecular complexity index is 867. The second-order valence-electron chi connectivity index (χ2n) is 4.90. The summed E-state index contributed by atoms with van der Waals surface area (Å²) in [6, 6.07) is 11.7. The third-order valence-electron chi connectivity index (χ3n) is 3.34. The van der Waals surface area contributed by atoms with E-state index in [9.17, 15) is 9.18 Å². The molecule has 0 atom stereocenters. The second kappa shape index (κ2) is 6.39. The number of carbonyl (C=O) groups excluding carboxylic acids is 1. The lowest BCUT2D eigenvalue weighted by molar-refractivity contribution is -0.115. The zero-order chi connectivity index (χ0) is 16.2. The Morgan fingerprint density at radius 2 is 2.04 bits per heavy atom. The quantitative estimate of drug-likeness (QED) is 0.804. The zero-order valence-electron chi connectivity index (χ0n) is 12.4. The fourth-order valence-corrected chi connectivity index (χ4v) is 2.24. The third-order valence-corrected chi connectivity index (χ3v) is 3.34. The Morgan fingerprint density at radius 3 is 2.87 bits per heavy atom. The van der Waals surface area contributed by atoms with E-state index in [4.69, 9.17) is 4.74 Å². The van der Waals surface area contributed by atoms with Crippen LogP contribution in [0.25, 0.3) is 11.0 Å². The number of halogens is 1. The van der Waals surface area contributed by atoms with Gasteiger partial charge in [-0.1, -0.05) is 12.1 Å². The summed E-state index contributed by atoms with van der Waals surface area (Å²) < 4.78 is 19.0. The zero-order valence-corrected chi connectivity index (χ0v) is 12.4. The van der Waals surface area contributed by atoms with E-state index in [1.807, 2.05) is 0 Å². The summed E-state index contributed by atoms with van der Waals surface area (Å²) in [4.78, 5) is 20.6. The highest BCUT2D eigenvalue weighted by Gasteiger charge is 2.12. The topological polar surface area (TPSA) is 64.1 Å². The van der Waals surface area contributed by atoms with Crippen molar-refractivity contribution in [2.75, 3.05) is 12.4 Å². The number of hydrogen-bond donors (Lipinski definition) is 1. The van der Waals surface area contributed by atoms with Crippen LogP contribution in [0.5, 0.6) is 5.75 Å². The van der Waals surface area contributed by atoms with Crippen molar-refractivity contribution >= 4 is 22.8 Å². The number of ether oxygens (including phenoxy) is 1. The molecule has 2 heterocycles. The Hall–Kier alpha value is -3.02. The number of benzene rings is 1. The van der Waals surface area contributed by atoms with Gasteiger partial charge in [0.1, 0.15) is 5.82 Å². The first-order valence-electron chi connectivity index (χ1n) is 7.00. The molecule has 0 unspecified atom stereocenters. The van der Waals surface area contributed by atoms with Gasteiger partial charge >= 0.3 is 0 Å². The number of fused-ring (bicyclic) bond motifs is 1. The van der Waals surface area contributed by atoms with Crippen LogP contribution in [0, 0.1) is 5.82 Å². The van der Waals surface area contributed by atoms with E-state index < -0.39 is 5.82 Å². The maximum absolute atomic E-state index is 14.1. The van der Waals surface area contributed by atoms with Crippen molar-refractivity contribution in [1.29, 1.82) is 0 Å². The van der Waals surface area contributed by atoms with Gasteiger partial charge in [0.15, 0.2) is 11.6 Å². The summed E-state index contributed by atoms with van der Waals surface area (Å²) in [5.74, 6) is -0.363. The Morgan fingerprint density at radius 1 is 1.17 bits per heavy atom. The van der Waals surface area contributed by atoms with Crippen LogP contribution in [-0.2, 0) is 11.2 Å². The van der Waals surface area contributed by atoms with Crippen LogP contribution in [0.3, 0.4) is 0 Å². The lowest BCUT2D eigenvalue weighted by atomic mass is 10.1. The van der Waals surface area contributed by atoms with Gasteiger partial charge in [-0.05, 0) is 30.3 Å². The summed E-state index contributed by atoms with van der Waals surface area (Å²) in [5, 5.41) is 2.66. The SMILES string of the molecule is COc1cccc(CC(=O)Nc2ccc3ncccc3n2)c1F. The van der Waals surface area contributed by atoms with Crippen LogP contribution in [0.2, 0.25) is 0 Å². The molecule has 5 nitrogen and oxygen atoms in total. The van der Waals surface area contributed by atoms with Gasteiger partial charge in [0.05, 0.1) is 24.6 Å². The van der Waals surface area contributed by atoms with Gasteiger partial charge in [-0.15, -0.1) is 0 Å². The number of amides is 1. The van der Waals surface area contributed by atoms with Crippen molar-refractivity contribution in [3.8, 4) is 5.75 Å². The van der Waals surface area contributed by atoms with Gasteiger partial charge < -0.3 is 10.1 Å². The Labute approximate surface area is 132 Å². The van der Waals surface area contributed by atoms with Gasteiger partial charge in [0, 0.05) is 11.8 Å². The molecule has 3 rings (SSSR count). The molecule has 116 valence electrons. The highest BCUT2D eigenvalue weighted by atomic mass is 19.1. The number of anilines is 1. The predicted octanol–water partition coefficient (Wildman–Crippen LogP) is 2.96. The molecule has 0 saturated carbocycles. The van der Waals surface area contributed by atoms with Gasteiger partial charge in [-0.2, -0.15) is 0 Å². The predicted molar refractivity (Wildman–Crippen MR) is 84.8 cm³/mol. The standard InChI is InChI=1S/C17H14FN3O2/c1-23-14-6-2-4-11(17(14)18)10-16(22)21-15-8-7-12-13(20-15)5-3-9-19-12/h2-9H,10H2,1H3,(H,20,21,22). The number of aromatic nitrogens is 2. The minimum atomic E-state index is -0.527. The first kappa shape index (κ1) is 14.9. The smallest absolute Gasteiger partial charge is 0.230 e. The largest absolute Gasteiger partial charge is 0.494 e. The average Bonchev–Trinajstić information content (AvgIpc) is 2.56. The average molecular weight is 311 g/mol. The number of pyridine rings is 2. The third kappa shape index (κ3) is 3.26. The Kier molecular flexibility index (Phi) is 4.14. The van der Waals surface area contributed by atoms with E-state index in [1.54, 1.807) is 42.6 Å². The minimum absolute atomic E-state index is 0.101. The molecule has 0 fully saturated rings. The number of methoxy groups -OCH3 is 1. The molecule has 0 saturated heterocycles. The molecule has 0 bridgehead atoms. The molecule has 0 aliphatic rings. The monoisotopic (exact) mass is 311 g/mol. The van der Waals surface area contributed by atoms with E-state index in [-0.39, 0.29) is 23.6 Å². The van der Waals surface area contributed by atoms with E-state index in [2.05, 4.69) is 15.3 Å². The van der Waals surface area contributed by atoms with Crippen molar-refractivity contribution in [3.63, 3.8) is 0 Å². The van der Waals surface area contributed by atoms with E-state index in [0.29, 0.717) is 11.3 Å². The maximum Gasteiger partial charge on any atom is 0.230 e. The van der Waals surface area contributed by atoms with Crippen LogP contribution in [0.15, 0.2) is 48.7 Å². The number of nitrogens with zero attached hydrogens (tertiary/aromatic N) is 2. The Balaban J connectivity index is 1.76. The van der Waals surface area contributed by atoms with Crippen molar-refractivity contribution in [2.24, 2.45) is 0 Å². The molecule has 0 radical (unpaired) electrons. The summed E-state index contributed by atoms with van der Waals surface area (Å²) in [6.45, 7) is 0. The van der Waals surface area contributed by atoms with Crippen molar-refractivity contribution in [3.05, 3.63) is 60.0 Å². The molecule has 6 heteroatoms. The first-order chi connectivity index (χ1) is 11.2. The molecule has 23 heavy (non-hydrogen) atoms. The van der Waals surface area contributed by atoms with E-state index in [1.165, 1.54) is 13.2 Å². The molecule has 0 spiro atoms. The van der Waals surface area contributed by atoms with Crippen LogP contribution in [0.1, 0.15) is 5.56 Å². The van der Waals surface area contributed by atoms with E-state index in [0.717, 1.165) is 5.52 Å². The van der Waals surface area contributed by atoms with Gasteiger partial charge in [0.2, 0.25) is 5.91 Å². The lowest BCUT2D eigenvalue weighted by Gasteiger charge is -2.08. The van der Waals surface area contributed by atoms with E-state index >= 15 is 0 Å². The summed E-state index contributed by atoms with van der Waals surface area (Å²) in [5.41, 5.74) is 1.69. The first-order valence-corrected chi connectivity index (χ1v) is 7.00. The van der Waals surface area contributed by atoms with Crippen LogP contribution in [-0.4, -0.2) is 23.0 Å². The molecule has 1 amide bonds. The van der Waals surface area contributed by atoms with Crippen LogP contribution < -0.4 is 10.1 Å². The number of carbonyl (C=O) groups is 1. The van der Waals surface area contributed by atoms with Gasteiger partial charge in [-0.3, -0.25) is 9.78 Å². The molecular formula is C17H14FN3O2. The molecular weight excluding hydrogens is 297 g/mol. The summed E-state index contributed by atoms with van der Waals surface area (Å²) >= 11 is 0. The van der Waals surface area contributed by atoms with Gasteiger partial charge in [0.25, 0.3) is 0 Å². The maximum atomic E-state index is 14.1. The lowest BCUT2D eigenvalue weighted by Crippen LogP contribution is -2.16. The van der Waals surface area contributed by atoms with Crippen molar-refractivity contribution < 1.29 is 13.9 Å². The normalized spacial score (nSPS) is 10.5.